The number of nitrogens with zero attached hydrogens (tertiary/aromatic N) is 3. The van der Waals surface area contributed by atoms with E-state index >= 15 is 0 Å². The molecule has 3 unspecified atom stereocenters. The van der Waals surface area contributed by atoms with Gasteiger partial charge in [-0.25, -0.2) is 9.96 Å². The molecule has 0 saturated carbocycles. The normalized spacial score (nSPS) is 22.2. The van der Waals surface area contributed by atoms with Crippen LogP contribution in [0.2, 0.25) is 0 Å². The summed E-state index contributed by atoms with van der Waals surface area (Å²) in [5.74, 6) is -1.67. The second-order valence-corrected chi connectivity index (χ2v) is 9.66. The highest BCUT2D eigenvalue weighted by molar-refractivity contribution is 6.28. The maximum absolute atomic E-state index is 14.6. The van der Waals surface area contributed by atoms with Gasteiger partial charge in [-0.2, -0.15) is 13.2 Å². The van der Waals surface area contributed by atoms with Gasteiger partial charge >= 0.3 is 6.18 Å². The fraction of sp³-hybridized carbons (Fsp3) is 0.133. The Bertz CT molecular complexity index is 1650. The molecule has 0 spiro atoms. The standard InChI is InChI=1S/C30H20F3N3O5/c31-30(32,33)21-10-7-13-24(18-21)34-27(37)26-29(28(34)38,20-14-16-23(17-15-20)36(39)40)25(19-8-3-1-4-9-19)35(41-26)22-11-5-2-6-12-22/h1-18,25-26H. The number of carbonyl (C=O) groups is 2. The number of hydrogen-bond donors (Lipinski definition) is 0. The quantitative estimate of drug-likeness (QED) is 0.170. The first-order valence-electron chi connectivity index (χ1n) is 12.5. The summed E-state index contributed by atoms with van der Waals surface area (Å²) in [5.41, 5.74) is -1.96. The van der Waals surface area contributed by atoms with Crippen LogP contribution in [0, 0.1) is 10.1 Å². The minimum absolute atomic E-state index is 0.233. The Morgan fingerprint density at radius 1 is 0.805 bits per heavy atom. The summed E-state index contributed by atoms with van der Waals surface area (Å²) in [6.45, 7) is 0. The minimum Gasteiger partial charge on any atom is -0.273 e. The van der Waals surface area contributed by atoms with E-state index in [-0.39, 0.29) is 16.9 Å². The Labute approximate surface area is 231 Å². The molecule has 2 aliphatic rings. The number of nitro benzene ring substituents is 1. The molecule has 4 aromatic carbocycles. The summed E-state index contributed by atoms with van der Waals surface area (Å²) in [4.78, 5) is 46.5. The number of imide groups is 1. The van der Waals surface area contributed by atoms with Crippen LogP contribution in [0.15, 0.2) is 109 Å². The SMILES string of the molecule is O=C1C2ON(c3ccccc3)C(c3ccccc3)C2(c2ccc([N+](=O)[O-])cc2)C(=O)N1c1cccc(C(F)(F)F)c1. The Kier molecular flexibility index (Phi) is 6.11. The van der Waals surface area contributed by atoms with Crippen molar-refractivity contribution in [1.82, 2.24) is 0 Å². The number of hydrogen-bond acceptors (Lipinski definition) is 6. The average molecular weight is 560 g/mol. The molecule has 11 heteroatoms. The first-order chi connectivity index (χ1) is 19.6. The van der Waals surface area contributed by atoms with Gasteiger partial charge in [-0.05, 0) is 41.5 Å². The second kappa shape index (κ2) is 9.56. The molecule has 2 saturated heterocycles. The lowest BCUT2D eigenvalue weighted by atomic mass is 9.69. The Morgan fingerprint density at radius 3 is 2.02 bits per heavy atom. The van der Waals surface area contributed by atoms with Crippen molar-refractivity contribution >= 4 is 28.9 Å². The van der Waals surface area contributed by atoms with E-state index in [1.165, 1.54) is 35.4 Å². The second-order valence-electron chi connectivity index (χ2n) is 9.66. The lowest BCUT2D eigenvalue weighted by Crippen LogP contribution is -2.46. The first-order valence-corrected chi connectivity index (χ1v) is 12.5. The molecule has 0 bridgehead atoms. The molecule has 0 radical (unpaired) electrons. The zero-order valence-electron chi connectivity index (χ0n) is 21.1. The van der Waals surface area contributed by atoms with Crippen LogP contribution in [-0.2, 0) is 26.0 Å². The maximum Gasteiger partial charge on any atom is 0.416 e. The summed E-state index contributed by atoms with van der Waals surface area (Å²) >= 11 is 0. The number of carbonyl (C=O) groups excluding carboxylic acids is 2. The van der Waals surface area contributed by atoms with Crippen molar-refractivity contribution in [3.8, 4) is 0 Å². The van der Waals surface area contributed by atoms with E-state index in [2.05, 4.69) is 0 Å². The van der Waals surface area contributed by atoms with E-state index in [1.54, 1.807) is 60.7 Å². The Morgan fingerprint density at radius 2 is 1.41 bits per heavy atom. The molecule has 206 valence electrons. The van der Waals surface area contributed by atoms with Crippen molar-refractivity contribution in [1.29, 1.82) is 0 Å². The molecule has 3 atom stereocenters. The van der Waals surface area contributed by atoms with Gasteiger partial charge in [0.1, 0.15) is 11.5 Å². The predicted molar refractivity (Wildman–Crippen MR) is 142 cm³/mol. The molecule has 8 nitrogen and oxygen atoms in total. The average Bonchev–Trinajstić information content (AvgIpc) is 3.44. The van der Waals surface area contributed by atoms with Crippen LogP contribution in [0.25, 0.3) is 0 Å². The van der Waals surface area contributed by atoms with Crippen molar-refractivity contribution in [2.45, 2.75) is 23.7 Å². The number of hydroxylamine groups is 1. The molecule has 0 N–H and O–H groups in total. The highest BCUT2D eigenvalue weighted by Crippen LogP contribution is 2.57. The molecule has 0 aliphatic carbocycles. The van der Waals surface area contributed by atoms with Gasteiger partial charge in [0, 0.05) is 12.1 Å². The number of nitro groups is 1. The number of benzene rings is 4. The van der Waals surface area contributed by atoms with Crippen LogP contribution in [-0.4, -0.2) is 22.8 Å². The fourth-order valence-electron chi connectivity index (χ4n) is 5.63. The number of non-ortho nitro benzene ring substituents is 1. The number of alkyl halides is 3. The Balaban J connectivity index is 1.60. The van der Waals surface area contributed by atoms with Gasteiger partial charge in [0.05, 0.1) is 21.9 Å². The van der Waals surface area contributed by atoms with Crippen molar-refractivity contribution in [2.75, 3.05) is 9.96 Å². The van der Waals surface area contributed by atoms with Gasteiger partial charge in [-0.3, -0.25) is 24.5 Å². The molecule has 4 aromatic rings. The minimum atomic E-state index is -4.71. The number of fused-ring (bicyclic) bond motifs is 1. The van der Waals surface area contributed by atoms with Gasteiger partial charge in [0.2, 0.25) is 5.91 Å². The van der Waals surface area contributed by atoms with Crippen LogP contribution < -0.4 is 9.96 Å². The van der Waals surface area contributed by atoms with Crippen molar-refractivity contribution in [3.05, 3.63) is 136 Å². The molecule has 2 heterocycles. The maximum atomic E-state index is 14.6. The van der Waals surface area contributed by atoms with Gasteiger partial charge in [0.25, 0.3) is 11.6 Å². The summed E-state index contributed by atoms with van der Waals surface area (Å²) in [7, 11) is 0. The van der Waals surface area contributed by atoms with E-state index < -0.39 is 46.0 Å². The van der Waals surface area contributed by atoms with Crippen molar-refractivity contribution < 1.29 is 32.5 Å². The van der Waals surface area contributed by atoms with E-state index in [1.807, 2.05) is 0 Å². The largest absolute Gasteiger partial charge is 0.416 e. The van der Waals surface area contributed by atoms with Crippen LogP contribution in [0.5, 0.6) is 0 Å². The zero-order chi connectivity index (χ0) is 28.9. The zero-order valence-corrected chi connectivity index (χ0v) is 21.1. The summed E-state index contributed by atoms with van der Waals surface area (Å²) < 4.78 is 40.7. The first kappa shape index (κ1) is 26.2. The number of halogens is 3. The van der Waals surface area contributed by atoms with E-state index in [4.69, 9.17) is 4.84 Å². The van der Waals surface area contributed by atoms with Gasteiger partial charge in [0.15, 0.2) is 6.10 Å². The highest BCUT2D eigenvalue weighted by Gasteiger charge is 2.72. The highest BCUT2D eigenvalue weighted by atomic mass is 19.4. The van der Waals surface area contributed by atoms with Crippen molar-refractivity contribution in [3.63, 3.8) is 0 Å². The van der Waals surface area contributed by atoms with Crippen molar-refractivity contribution in [2.24, 2.45) is 0 Å². The number of rotatable bonds is 5. The van der Waals surface area contributed by atoms with Crippen LogP contribution in [0.1, 0.15) is 22.7 Å². The molecule has 2 aliphatic heterocycles. The van der Waals surface area contributed by atoms with E-state index in [0.717, 1.165) is 23.1 Å². The lowest BCUT2D eigenvalue weighted by Gasteiger charge is -2.35. The number of para-hydroxylation sites is 1. The number of amides is 2. The number of anilines is 2. The lowest BCUT2D eigenvalue weighted by molar-refractivity contribution is -0.384. The molecular weight excluding hydrogens is 539 g/mol. The van der Waals surface area contributed by atoms with E-state index in [0.29, 0.717) is 11.3 Å². The summed E-state index contributed by atoms with van der Waals surface area (Å²) in [6.07, 6.45) is -6.20. The van der Waals surface area contributed by atoms with Gasteiger partial charge < -0.3 is 0 Å². The van der Waals surface area contributed by atoms with Crippen LogP contribution >= 0.6 is 0 Å². The third kappa shape index (κ3) is 4.04. The predicted octanol–water partition coefficient (Wildman–Crippen LogP) is 5.99. The molecule has 0 aromatic heterocycles. The monoisotopic (exact) mass is 559 g/mol. The summed E-state index contributed by atoms with van der Waals surface area (Å²) in [6, 6.07) is 25.8. The van der Waals surface area contributed by atoms with Gasteiger partial charge in [-0.15, -0.1) is 0 Å². The summed E-state index contributed by atoms with van der Waals surface area (Å²) in [5, 5.41) is 12.9. The third-order valence-corrected chi connectivity index (χ3v) is 7.41. The molecule has 2 fully saturated rings. The topological polar surface area (TPSA) is 93.0 Å². The van der Waals surface area contributed by atoms with Gasteiger partial charge in [-0.1, -0.05) is 66.7 Å². The van der Waals surface area contributed by atoms with Crippen LogP contribution in [0.3, 0.4) is 0 Å². The Hall–Kier alpha value is -5.03. The fourth-order valence-corrected chi connectivity index (χ4v) is 5.63. The van der Waals surface area contributed by atoms with Crippen LogP contribution in [0.4, 0.5) is 30.2 Å². The molecule has 41 heavy (non-hydrogen) atoms. The smallest absolute Gasteiger partial charge is 0.273 e. The van der Waals surface area contributed by atoms with E-state index in [9.17, 15) is 32.9 Å². The molecule has 2 amide bonds. The third-order valence-electron chi connectivity index (χ3n) is 7.41. The molecular formula is C30H20F3N3O5. The molecule has 6 rings (SSSR count).